The largest absolute Gasteiger partial charge is 0.462 e. The highest BCUT2D eigenvalue weighted by molar-refractivity contribution is 5.96. The number of carbonyl (C=O) groups is 1. The highest BCUT2D eigenvalue weighted by Crippen LogP contribution is 2.28. The van der Waals surface area contributed by atoms with Crippen LogP contribution in [0.25, 0.3) is 23.5 Å². The molecule has 0 radical (unpaired) electrons. The maximum absolute atomic E-state index is 12.1. The van der Waals surface area contributed by atoms with Crippen molar-refractivity contribution in [2.45, 2.75) is 13.8 Å². The van der Waals surface area contributed by atoms with E-state index < -0.39 is 10.9 Å². The number of hydrogen-bond acceptors (Lipinski definition) is 7. The van der Waals surface area contributed by atoms with Gasteiger partial charge in [0.05, 0.1) is 17.1 Å². The van der Waals surface area contributed by atoms with E-state index in [0.717, 1.165) is 0 Å². The molecule has 0 fully saturated rings. The van der Waals surface area contributed by atoms with Crippen LogP contribution < -0.4 is 0 Å². The van der Waals surface area contributed by atoms with Gasteiger partial charge in [0, 0.05) is 5.56 Å². The molecule has 8 heteroatoms. The van der Waals surface area contributed by atoms with E-state index in [0.29, 0.717) is 22.6 Å². The van der Waals surface area contributed by atoms with Gasteiger partial charge in [0.25, 0.3) is 0 Å². The van der Waals surface area contributed by atoms with E-state index in [9.17, 15) is 14.9 Å². The molecule has 0 atom stereocenters. The first-order chi connectivity index (χ1) is 13.0. The van der Waals surface area contributed by atoms with E-state index in [1.165, 1.54) is 19.1 Å². The summed E-state index contributed by atoms with van der Waals surface area (Å²) in [7, 11) is 0. The fraction of sp³-hybridized carbons (Fsp3) is 0.158. The van der Waals surface area contributed by atoms with Crippen LogP contribution in [-0.2, 0) is 4.74 Å². The first-order valence-corrected chi connectivity index (χ1v) is 8.16. The molecule has 0 spiro atoms. The first kappa shape index (κ1) is 18.1. The molecule has 2 aromatic heterocycles. The molecule has 1 aromatic carbocycles. The Labute approximate surface area is 154 Å². The molecular formula is C19H16N2O6. The summed E-state index contributed by atoms with van der Waals surface area (Å²) in [5.74, 6) is 0.505. The third-order valence-corrected chi connectivity index (χ3v) is 3.75. The van der Waals surface area contributed by atoms with E-state index in [1.807, 2.05) is 0 Å². The number of aromatic nitrogens is 1. The number of carbonyl (C=O) groups excluding carboxylic acids is 1. The van der Waals surface area contributed by atoms with Gasteiger partial charge in [0.15, 0.2) is 5.69 Å². The number of benzene rings is 1. The van der Waals surface area contributed by atoms with E-state index in [-0.39, 0.29) is 23.7 Å². The molecule has 8 nitrogen and oxygen atoms in total. The molecule has 3 rings (SSSR count). The maximum atomic E-state index is 12.1. The molecule has 0 aliphatic rings. The maximum Gasteiger partial charge on any atom is 0.338 e. The predicted octanol–water partition coefficient (Wildman–Crippen LogP) is 4.50. The van der Waals surface area contributed by atoms with Crippen LogP contribution in [0.1, 0.15) is 34.5 Å². The van der Waals surface area contributed by atoms with Gasteiger partial charge in [-0.2, -0.15) is 0 Å². The number of nitrogens with zero attached hydrogens (tertiary/aromatic N) is 2. The second kappa shape index (κ2) is 7.69. The molecule has 0 bridgehead atoms. The summed E-state index contributed by atoms with van der Waals surface area (Å²) in [6, 6.07) is 10.3. The predicted molar refractivity (Wildman–Crippen MR) is 96.9 cm³/mol. The van der Waals surface area contributed by atoms with Crippen LogP contribution in [0, 0.1) is 17.0 Å². The van der Waals surface area contributed by atoms with Crippen molar-refractivity contribution < 1.29 is 23.4 Å². The summed E-state index contributed by atoms with van der Waals surface area (Å²) in [4.78, 5) is 22.6. The monoisotopic (exact) mass is 368 g/mol. The number of esters is 1. The number of rotatable bonds is 6. The standard InChI is InChI=1S/C19H16N2O6/c1-3-25-19(22)15-7-5-4-6-14(15)16-10-8-13(26-16)9-11-17-18(21(23)24)12(2)20-27-17/h4-11H,3H2,1-2H3. The number of aryl methyl sites for hydroxylation is 1. The zero-order chi connectivity index (χ0) is 19.4. The van der Waals surface area contributed by atoms with Crippen molar-refractivity contribution in [3.05, 3.63) is 69.3 Å². The first-order valence-electron chi connectivity index (χ1n) is 8.16. The number of furan rings is 1. The van der Waals surface area contributed by atoms with Crippen molar-refractivity contribution in [2.24, 2.45) is 0 Å². The average molecular weight is 368 g/mol. The normalized spacial score (nSPS) is 11.0. The third kappa shape index (κ3) is 3.79. The summed E-state index contributed by atoms with van der Waals surface area (Å²) >= 11 is 0. The fourth-order valence-corrected chi connectivity index (χ4v) is 2.54. The minimum atomic E-state index is -0.547. The van der Waals surface area contributed by atoms with Crippen LogP contribution in [0.4, 0.5) is 5.69 Å². The van der Waals surface area contributed by atoms with Gasteiger partial charge in [0.1, 0.15) is 11.5 Å². The second-order valence-electron chi connectivity index (χ2n) is 5.54. The van der Waals surface area contributed by atoms with Crippen LogP contribution in [-0.4, -0.2) is 22.7 Å². The molecule has 0 saturated carbocycles. The summed E-state index contributed by atoms with van der Waals surface area (Å²) in [5, 5.41) is 14.7. The minimum absolute atomic E-state index is 0.0300. The fourth-order valence-electron chi connectivity index (χ4n) is 2.54. The zero-order valence-electron chi connectivity index (χ0n) is 14.7. The number of hydrogen-bond donors (Lipinski definition) is 0. The van der Waals surface area contributed by atoms with Gasteiger partial charge in [-0.05, 0) is 44.2 Å². The van der Waals surface area contributed by atoms with E-state index >= 15 is 0 Å². The molecule has 0 saturated heterocycles. The molecule has 0 unspecified atom stereocenters. The topological polar surface area (TPSA) is 109 Å². The quantitative estimate of drug-likeness (QED) is 0.358. The molecule has 3 aromatic rings. The van der Waals surface area contributed by atoms with Gasteiger partial charge in [0.2, 0.25) is 5.76 Å². The lowest BCUT2D eigenvalue weighted by Crippen LogP contribution is -2.05. The van der Waals surface area contributed by atoms with Gasteiger partial charge >= 0.3 is 11.7 Å². The van der Waals surface area contributed by atoms with Gasteiger partial charge in [-0.25, -0.2) is 4.79 Å². The zero-order valence-corrected chi connectivity index (χ0v) is 14.7. The number of ether oxygens (including phenoxy) is 1. The van der Waals surface area contributed by atoms with Gasteiger partial charge in [-0.15, -0.1) is 0 Å². The minimum Gasteiger partial charge on any atom is -0.462 e. The van der Waals surface area contributed by atoms with Crippen molar-refractivity contribution in [1.29, 1.82) is 0 Å². The molecule has 2 heterocycles. The Morgan fingerprint density at radius 1 is 1.26 bits per heavy atom. The van der Waals surface area contributed by atoms with Gasteiger partial charge in [-0.3, -0.25) is 10.1 Å². The number of nitro groups is 1. The summed E-state index contributed by atoms with van der Waals surface area (Å²) in [6.45, 7) is 3.51. The Hall–Kier alpha value is -3.68. The van der Waals surface area contributed by atoms with E-state index in [4.69, 9.17) is 13.7 Å². The Morgan fingerprint density at radius 2 is 2.04 bits per heavy atom. The van der Waals surface area contributed by atoms with Crippen LogP contribution in [0.15, 0.2) is 45.3 Å². The average Bonchev–Trinajstić information content (AvgIpc) is 3.26. The lowest BCUT2D eigenvalue weighted by Gasteiger charge is -2.06. The van der Waals surface area contributed by atoms with Gasteiger partial charge < -0.3 is 13.7 Å². The van der Waals surface area contributed by atoms with Crippen LogP contribution in [0.2, 0.25) is 0 Å². The Bertz CT molecular complexity index is 1010. The van der Waals surface area contributed by atoms with Crippen molar-refractivity contribution in [3.8, 4) is 11.3 Å². The second-order valence-corrected chi connectivity index (χ2v) is 5.54. The molecule has 0 amide bonds. The molecule has 27 heavy (non-hydrogen) atoms. The highest BCUT2D eigenvalue weighted by atomic mass is 16.6. The van der Waals surface area contributed by atoms with Crippen molar-refractivity contribution in [2.75, 3.05) is 6.61 Å². The van der Waals surface area contributed by atoms with Crippen LogP contribution >= 0.6 is 0 Å². The lowest BCUT2D eigenvalue weighted by atomic mass is 10.1. The summed E-state index contributed by atoms with van der Waals surface area (Å²) < 4.78 is 15.8. The van der Waals surface area contributed by atoms with Gasteiger partial charge in [-0.1, -0.05) is 23.4 Å². The summed E-state index contributed by atoms with van der Waals surface area (Å²) in [6.07, 6.45) is 2.95. The molecule has 0 N–H and O–H groups in total. The van der Waals surface area contributed by atoms with Crippen molar-refractivity contribution in [3.63, 3.8) is 0 Å². The molecule has 138 valence electrons. The highest BCUT2D eigenvalue weighted by Gasteiger charge is 2.22. The third-order valence-electron chi connectivity index (χ3n) is 3.75. The lowest BCUT2D eigenvalue weighted by molar-refractivity contribution is -0.386. The van der Waals surface area contributed by atoms with E-state index in [1.54, 1.807) is 43.3 Å². The molecular weight excluding hydrogens is 352 g/mol. The van der Waals surface area contributed by atoms with E-state index in [2.05, 4.69) is 5.16 Å². The van der Waals surface area contributed by atoms with Crippen molar-refractivity contribution >= 4 is 23.8 Å². The van der Waals surface area contributed by atoms with Crippen molar-refractivity contribution in [1.82, 2.24) is 5.16 Å². The summed E-state index contributed by atoms with van der Waals surface area (Å²) in [5.41, 5.74) is 0.997. The Kier molecular flexibility index (Phi) is 5.16. The Balaban J connectivity index is 1.89. The SMILES string of the molecule is CCOC(=O)c1ccccc1-c1ccc(C=Cc2onc(C)c2[N+](=O)[O-])o1. The van der Waals surface area contributed by atoms with Crippen LogP contribution in [0.5, 0.6) is 0 Å². The molecule has 0 aliphatic heterocycles. The van der Waals surface area contributed by atoms with Crippen LogP contribution in [0.3, 0.4) is 0 Å². The smallest absolute Gasteiger partial charge is 0.338 e. The Morgan fingerprint density at radius 3 is 2.78 bits per heavy atom. The molecule has 0 aliphatic carbocycles.